The van der Waals surface area contributed by atoms with Crippen LogP contribution in [0.15, 0.2) is 24.3 Å². The van der Waals surface area contributed by atoms with Crippen molar-refractivity contribution in [3.8, 4) is 0 Å². The van der Waals surface area contributed by atoms with Gasteiger partial charge < -0.3 is 5.32 Å². The van der Waals surface area contributed by atoms with Crippen molar-refractivity contribution in [3.05, 3.63) is 51.3 Å². The molecule has 0 aliphatic carbocycles. The second-order valence-corrected chi connectivity index (χ2v) is 4.86. The molecule has 1 heterocycles. The molecule has 0 fully saturated rings. The van der Waals surface area contributed by atoms with E-state index in [4.69, 9.17) is 23.2 Å². The molecule has 96 valence electrons. The number of nitrogens with zero attached hydrogens (tertiary/aromatic N) is 1. The molecule has 0 aliphatic rings. The predicted molar refractivity (Wildman–Crippen MR) is 75.0 cm³/mol. The molecular weight excluding hydrogens is 269 g/mol. The number of aryl methyl sites for hydroxylation is 1. The van der Waals surface area contributed by atoms with E-state index in [1.165, 1.54) is 0 Å². The van der Waals surface area contributed by atoms with Crippen molar-refractivity contribution in [2.75, 3.05) is 0 Å². The maximum Gasteiger partial charge on any atom is 0.0622 e. The number of rotatable bonds is 5. The van der Waals surface area contributed by atoms with Crippen LogP contribution in [0.5, 0.6) is 0 Å². The van der Waals surface area contributed by atoms with E-state index in [0.717, 1.165) is 23.4 Å². The van der Waals surface area contributed by atoms with Gasteiger partial charge in [0.05, 0.1) is 5.69 Å². The number of hydrogen-bond donors (Lipinski definition) is 2. The number of benzene rings is 1. The van der Waals surface area contributed by atoms with E-state index in [9.17, 15) is 0 Å². The minimum Gasteiger partial charge on any atom is -0.307 e. The number of H-pyrrole nitrogens is 1. The van der Waals surface area contributed by atoms with Gasteiger partial charge in [-0.25, -0.2) is 0 Å². The molecular formula is C13H15Cl2N3. The van der Waals surface area contributed by atoms with Crippen molar-refractivity contribution in [2.45, 2.75) is 26.4 Å². The molecule has 3 nitrogen and oxygen atoms in total. The summed E-state index contributed by atoms with van der Waals surface area (Å²) in [7, 11) is 0. The molecule has 18 heavy (non-hydrogen) atoms. The first-order valence-corrected chi connectivity index (χ1v) is 6.63. The summed E-state index contributed by atoms with van der Waals surface area (Å²) in [6.07, 6.45) is 0.937. The Balaban J connectivity index is 1.92. The summed E-state index contributed by atoms with van der Waals surface area (Å²) >= 11 is 12.2. The molecule has 0 amide bonds. The van der Waals surface area contributed by atoms with Crippen LogP contribution in [0.3, 0.4) is 0 Å². The highest BCUT2D eigenvalue weighted by Crippen LogP contribution is 2.23. The monoisotopic (exact) mass is 283 g/mol. The molecule has 0 saturated carbocycles. The molecule has 0 bridgehead atoms. The standard InChI is InChI=1S/C13H15Cl2N3/c1-2-9-6-10(18-17-9)7-16-8-11-12(14)4-3-5-13(11)15/h3-6,16H,2,7-8H2,1H3,(H,17,18). The fraction of sp³-hybridized carbons (Fsp3) is 0.308. The molecule has 1 aromatic carbocycles. The molecule has 0 unspecified atom stereocenters. The second-order valence-electron chi connectivity index (χ2n) is 4.04. The molecule has 0 saturated heterocycles. The normalized spacial score (nSPS) is 10.8. The van der Waals surface area contributed by atoms with E-state index in [1.807, 2.05) is 18.2 Å². The van der Waals surface area contributed by atoms with Gasteiger partial charge >= 0.3 is 0 Å². The zero-order valence-corrected chi connectivity index (χ0v) is 11.6. The fourth-order valence-corrected chi connectivity index (χ4v) is 2.24. The Labute approximate surface area is 117 Å². The number of nitrogens with one attached hydrogen (secondary N) is 2. The van der Waals surface area contributed by atoms with Gasteiger partial charge in [-0.1, -0.05) is 36.2 Å². The van der Waals surface area contributed by atoms with Crippen molar-refractivity contribution in [2.24, 2.45) is 0 Å². The Morgan fingerprint density at radius 1 is 1.22 bits per heavy atom. The average molecular weight is 284 g/mol. The lowest BCUT2D eigenvalue weighted by molar-refractivity contribution is 0.677. The van der Waals surface area contributed by atoms with E-state index < -0.39 is 0 Å². The third kappa shape index (κ3) is 3.25. The van der Waals surface area contributed by atoms with Gasteiger partial charge in [-0.2, -0.15) is 5.10 Å². The lowest BCUT2D eigenvalue weighted by Crippen LogP contribution is -2.13. The van der Waals surface area contributed by atoms with Crippen LogP contribution < -0.4 is 5.32 Å². The molecule has 0 atom stereocenters. The lowest BCUT2D eigenvalue weighted by atomic mass is 10.2. The van der Waals surface area contributed by atoms with E-state index >= 15 is 0 Å². The van der Waals surface area contributed by atoms with Crippen molar-refractivity contribution in [1.82, 2.24) is 15.5 Å². The second kappa shape index (κ2) is 6.23. The molecule has 0 aliphatic heterocycles. The average Bonchev–Trinajstić information content (AvgIpc) is 2.81. The fourth-order valence-electron chi connectivity index (χ4n) is 1.70. The number of aromatic nitrogens is 2. The quantitative estimate of drug-likeness (QED) is 0.881. The van der Waals surface area contributed by atoms with Crippen LogP contribution in [0.1, 0.15) is 23.9 Å². The SMILES string of the molecule is CCc1cc(CNCc2c(Cl)cccc2Cl)[nH]n1. The van der Waals surface area contributed by atoms with Crippen LogP contribution in [0, 0.1) is 0 Å². The molecule has 2 N–H and O–H groups in total. The number of hydrogen-bond acceptors (Lipinski definition) is 2. The van der Waals surface area contributed by atoms with Crippen LogP contribution >= 0.6 is 23.2 Å². The maximum absolute atomic E-state index is 6.09. The first-order valence-electron chi connectivity index (χ1n) is 5.87. The molecule has 0 radical (unpaired) electrons. The van der Waals surface area contributed by atoms with Crippen LogP contribution in [0.2, 0.25) is 10.0 Å². The van der Waals surface area contributed by atoms with Crippen molar-refractivity contribution in [3.63, 3.8) is 0 Å². The first kappa shape index (κ1) is 13.4. The number of halogens is 2. The summed E-state index contributed by atoms with van der Waals surface area (Å²) < 4.78 is 0. The van der Waals surface area contributed by atoms with Crippen LogP contribution in [-0.2, 0) is 19.5 Å². The van der Waals surface area contributed by atoms with Gasteiger partial charge in [0.1, 0.15) is 0 Å². The summed E-state index contributed by atoms with van der Waals surface area (Å²) in [5, 5.41) is 11.8. The van der Waals surface area contributed by atoms with E-state index in [-0.39, 0.29) is 0 Å². The van der Waals surface area contributed by atoms with Gasteiger partial charge in [0.2, 0.25) is 0 Å². The van der Waals surface area contributed by atoms with Crippen LogP contribution in [0.4, 0.5) is 0 Å². The zero-order valence-electron chi connectivity index (χ0n) is 10.1. The topological polar surface area (TPSA) is 40.7 Å². The Morgan fingerprint density at radius 3 is 2.56 bits per heavy atom. The van der Waals surface area contributed by atoms with E-state index in [0.29, 0.717) is 23.1 Å². The van der Waals surface area contributed by atoms with Gasteiger partial charge in [-0.3, -0.25) is 5.10 Å². The third-order valence-electron chi connectivity index (χ3n) is 2.73. The highest BCUT2D eigenvalue weighted by atomic mass is 35.5. The molecule has 0 spiro atoms. The minimum absolute atomic E-state index is 0.638. The van der Waals surface area contributed by atoms with Crippen LogP contribution in [0.25, 0.3) is 0 Å². The van der Waals surface area contributed by atoms with E-state index in [2.05, 4.69) is 28.5 Å². The predicted octanol–water partition coefficient (Wildman–Crippen LogP) is 3.57. The molecule has 1 aromatic heterocycles. The van der Waals surface area contributed by atoms with E-state index in [1.54, 1.807) is 0 Å². The molecule has 2 rings (SSSR count). The lowest BCUT2D eigenvalue weighted by Gasteiger charge is -2.07. The minimum atomic E-state index is 0.638. The van der Waals surface area contributed by atoms with Gasteiger partial charge in [-0.05, 0) is 24.6 Å². The summed E-state index contributed by atoms with van der Waals surface area (Å²) in [6.45, 7) is 3.43. The summed E-state index contributed by atoms with van der Waals surface area (Å²) in [4.78, 5) is 0. The van der Waals surface area contributed by atoms with Gasteiger partial charge in [0.25, 0.3) is 0 Å². The molecule has 5 heteroatoms. The summed E-state index contributed by atoms with van der Waals surface area (Å²) in [5.41, 5.74) is 3.06. The number of aromatic amines is 1. The maximum atomic E-state index is 6.09. The zero-order chi connectivity index (χ0) is 13.0. The van der Waals surface area contributed by atoms with Gasteiger partial charge in [0.15, 0.2) is 0 Å². The highest BCUT2D eigenvalue weighted by molar-refractivity contribution is 6.35. The van der Waals surface area contributed by atoms with Crippen molar-refractivity contribution < 1.29 is 0 Å². The Bertz CT molecular complexity index is 502. The highest BCUT2D eigenvalue weighted by Gasteiger charge is 2.05. The summed E-state index contributed by atoms with van der Waals surface area (Å²) in [6, 6.07) is 7.59. The smallest absolute Gasteiger partial charge is 0.0622 e. The summed E-state index contributed by atoms with van der Waals surface area (Å²) in [5.74, 6) is 0. The van der Waals surface area contributed by atoms with Crippen LogP contribution in [-0.4, -0.2) is 10.2 Å². The Morgan fingerprint density at radius 2 is 1.94 bits per heavy atom. The van der Waals surface area contributed by atoms with Gasteiger partial charge in [0, 0.05) is 34.4 Å². The Hall–Kier alpha value is -1.03. The third-order valence-corrected chi connectivity index (χ3v) is 3.43. The first-order chi connectivity index (χ1) is 8.70. The van der Waals surface area contributed by atoms with Crippen molar-refractivity contribution in [1.29, 1.82) is 0 Å². The molecule has 2 aromatic rings. The van der Waals surface area contributed by atoms with Crippen molar-refractivity contribution >= 4 is 23.2 Å². The van der Waals surface area contributed by atoms with Gasteiger partial charge in [-0.15, -0.1) is 0 Å². The largest absolute Gasteiger partial charge is 0.307 e. The Kier molecular flexibility index (Phi) is 4.64.